The maximum atomic E-state index is 12.3. The Labute approximate surface area is 136 Å². The van der Waals surface area contributed by atoms with E-state index >= 15 is 0 Å². The molecule has 0 saturated carbocycles. The fraction of sp³-hybridized carbons (Fsp3) is 0.500. The van der Waals surface area contributed by atoms with Gasteiger partial charge in [0.05, 0.1) is 11.1 Å². The number of hydrogen-bond donors (Lipinski definition) is 2. The molecule has 0 aliphatic rings. The fourth-order valence-corrected chi connectivity index (χ4v) is 2.98. The molecule has 0 aliphatic carbocycles. The number of fused-ring (bicyclic) bond motifs is 1. The van der Waals surface area contributed by atoms with Gasteiger partial charge in [0.2, 0.25) is 5.88 Å². The lowest BCUT2D eigenvalue weighted by Gasteiger charge is -2.02. The molecule has 0 radical (unpaired) electrons. The highest BCUT2D eigenvalue weighted by Gasteiger charge is 2.17. The van der Waals surface area contributed by atoms with Crippen molar-refractivity contribution in [1.29, 1.82) is 0 Å². The van der Waals surface area contributed by atoms with Crippen LogP contribution in [-0.2, 0) is 0 Å². The van der Waals surface area contributed by atoms with Gasteiger partial charge in [-0.25, -0.2) is 0 Å². The van der Waals surface area contributed by atoms with Crippen LogP contribution in [0, 0.1) is 0 Å². The highest BCUT2D eigenvalue weighted by Crippen LogP contribution is 2.30. The van der Waals surface area contributed by atoms with Crippen molar-refractivity contribution in [3.8, 4) is 5.88 Å². The van der Waals surface area contributed by atoms with Gasteiger partial charge in [0.25, 0.3) is 0 Å². The number of aromatic nitrogens is 1. The van der Waals surface area contributed by atoms with Crippen molar-refractivity contribution in [2.75, 3.05) is 0 Å². The molecule has 0 saturated heterocycles. The molecule has 0 spiro atoms. The van der Waals surface area contributed by atoms with Gasteiger partial charge in [-0.2, -0.15) is 0 Å². The second-order valence-electron chi connectivity index (χ2n) is 5.83. The van der Waals surface area contributed by atoms with Crippen molar-refractivity contribution in [1.82, 2.24) is 4.98 Å². The highest BCUT2D eigenvalue weighted by molar-refractivity contribution is 6.31. The lowest BCUT2D eigenvalue weighted by Crippen LogP contribution is -1.98. The molecule has 3 nitrogen and oxygen atoms in total. The lowest BCUT2D eigenvalue weighted by atomic mass is 10.0. The van der Waals surface area contributed by atoms with Crippen LogP contribution in [0.2, 0.25) is 5.02 Å². The minimum atomic E-state index is -0.0507. The first kappa shape index (κ1) is 16.9. The average molecular weight is 322 g/mol. The van der Waals surface area contributed by atoms with Crippen LogP contribution < -0.4 is 0 Å². The van der Waals surface area contributed by atoms with Crippen LogP contribution in [0.1, 0.15) is 68.6 Å². The Morgan fingerprint density at radius 3 is 2.55 bits per heavy atom. The Bertz CT molecular complexity index is 633. The molecular formula is C18H24ClNO2. The van der Waals surface area contributed by atoms with Crippen LogP contribution in [0.4, 0.5) is 0 Å². The number of ketones is 1. The molecule has 2 rings (SSSR count). The third-order valence-corrected chi connectivity index (χ3v) is 4.26. The minimum absolute atomic E-state index is 0.000342. The number of hydrogen-bond acceptors (Lipinski definition) is 2. The number of halogens is 1. The third kappa shape index (κ3) is 4.26. The number of rotatable bonds is 9. The zero-order chi connectivity index (χ0) is 15.9. The molecule has 0 atom stereocenters. The zero-order valence-electron chi connectivity index (χ0n) is 13.1. The molecule has 2 aromatic rings. The molecule has 1 heterocycles. The number of Topliss-reactive ketones (excluding diaryl/α,β-unsaturated/α-hetero) is 1. The van der Waals surface area contributed by atoms with Gasteiger partial charge in [-0.15, -0.1) is 0 Å². The van der Waals surface area contributed by atoms with E-state index in [1.807, 2.05) is 0 Å². The molecule has 2 N–H and O–H groups in total. The van der Waals surface area contributed by atoms with E-state index in [0.717, 1.165) is 18.2 Å². The first-order valence-corrected chi connectivity index (χ1v) is 8.54. The lowest BCUT2D eigenvalue weighted by molar-refractivity contribution is 0.0978. The highest BCUT2D eigenvalue weighted by atomic mass is 35.5. The van der Waals surface area contributed by atoms with Gasteiger partial charge >= 0.3 is 0 Å². The number of nitrogens with one attached hydrogen (secondary N) is 1. The largest absolute Gasteiger partial charge is 0.494 e. The number of benzene rings is 1. The Balaban J connectivity index is 1.89. The fourth-order valence-electron chi connectivity index (χ4n) is 2.81. The zero-order valence-corrected chi connectivity index (χ0v) is 13.9. The summed E-state index contributed by atoms with van der Waals surface area (Å²) in [5.41, 5.74) is 1.10. The summed E-state index contributed by atoms with van der Waals surface area (Å²) >= 11 is 5.93. The van der Waals surface area contributed by atoms with E-state index in [4.69, 9.17) is 11.6 Å². The molecule has 1 aromatic carbocycles. The summed E-state index contributed by atoms with van der Waals surface area (Å²) in [6, 6.07) is 5.24. The molecule has 120 valence electrons. The van der Waals surface area contributed by atoms with Crippen LogP contribution in [0.25, 0.3) is 10.9 Å². The number of carbonyl (C=O) groups is 1. The maximum Gasteiger partial charge on any atom is 0.200 e. The van der Waals surface area contributed by atoms with E-state index in [-0.39, 0.29) is 11.7 Å². The summed E-state index contributed by atoms with van der Waals surface area (Å²) in [5.74, 6) is -0.0511. The van der Waals surface area contributed by atoms with Crippen LogP contribution in [0.3, 0.4) is 0 Å². The molecule has 0 amide bonds. The number of aromatic hydroxyl groups is 1. The van der Waals surface area contributed by atoms with Crippen LogP contribution in [-0.4, -0.2) is 15.9 Å². The predicted molar refractivity (Wildman–Crippen MR) is 91.9 cm³/mol. The molecule has 0 unspecified atom stereocenters. The molecule has 4 heteroatoms. The SMILES string of the molecule is CCCCCCCCCC(=O)c1c(O)[nH]c2cc(Cl)ccc12. The van der Waals surface area contributed by atoms with Crippen molar-refractivity contribution in [3.63, 3.8) is 0 Å². The summed E-state index contributed by atoms with van der Waals surface area (Å²) in [6.07, 6.45) is 8.70. The van der Waals surface area contributed by atoms with Gasteiger partial charge in [-0.1, -0.05) is 63.1 Å². The number of carbonyl (C=O) groups excluding carboxylic acids is 1. The van der Waals surface area contributed by atoms with E-state index in [9.17, 15) is 9.90 Å². The van der Waals surface area contributed by atoms with Gasteiger partial charge in [0, 0.05) is 16.8 Å². The Morgan fingerprint density at radius 1 is 1.14 bits per heavy atom. The van der Waals surface area contributed by atoms with Crippen LogP contribution >= 0.6 is 11.6 Å². The summed E-state index contributed by atoms with van der Waals surface area (Å²) in [4.78, 5) is 15.2. The molecule has 0 bridgehead atoms. The van der Waals surface area contributed by atoms with E-state index < -0.39 is 0 Å². The number of H-pyrrole nitrogens is 1. The maximum absolute atomic E-state index is 12.3. The minimum Gasteiger partial charge on any atom is -0.494 e. The molecule has 0 fully saturated rings. The predicted octanol–water partition coefficient (Wildman–Crippen LogP) is 5.85. The van der Waals surface area contributed by atoms with Crippen LogP contribution in [0.5, 0.6) is 5.88 Å². The summed E-state index contributed by atoms with van der Waals surface area (Å²) < 4.78 is 0. The molecule has 1 aromatic heterocycles. The van der Waals surface area contributed by atoms with E-state index in [1.54, 1.807) is 18.2 Å². The third-order valence-electron chi connectivity index (χ3n) is 4.03. The summed E-state index contributed by atoms with van der Waals surface area (Å²) in [6.45, 7) is 2.21. The van der Waals surface area contributed by atoms with Crippen molar-refractivity contribution in [3.05, 3.63) is 28.8 Å². The summed E-state index contributed by atoms with van der Waals surface area (Å²) in [5, 5.41) is 11.3. The Morgan fingerprint density at radius 2 is 1.82 bits per heavy atom. The first-order chi connectivity index (χ1) is 10.6. The number of unbranched alkanes of at least 4 members (excludes halogenated alkanes) is 6. The van der Waals surface area contributed by atoms with Crippen molar-refractivity contribution in [2.45, 2.75) is 58.3 Å². The second kappa shape index (κ2) is 8.23. The average Bonchev–Trinajstić information content (AvgIpc) is 2.81. The van der Waals surface area contributed by atoms with Gasteiger partial charge in [-0.3, -0.25) is 4.79 Å². The van der Waals surface area contributed by atoms with Gasteiger partial charge < -0.3 is 10.1 Å². The van der Waals surface area contributed by atoms with Gasteiger partial charge in [0.15, 0.2) is 5.78 Å². The van der Waals surface area contributed by atoms with Crippen molar-refractivity contribution >= 4 is 28.3 Å². The van der Waals surface area contributed by atoms with Crippen LogP contribution in [0.15, 0.2) is 18.2 Å². The monoisotopic (exact) mass is 321 g/mol. The normalized spacial score (nSPS) is 11.2. The second-order valence-corrected chi connectivity index (χ2v) is 6.27. The molecule has 0 aliphatic heterocycles. The van der Waals surface area contributed by atoms with Crippen molar-refractivity contribution in [2.24, 2.45) is 0 Å². The van der Waals surface area contributed by atoms with Gasteiger partial charge in [0.1, 0.15) is 0 Å². The Kier molecular flexibility index (Phi) is 6.32. The summed E-state index contributed by atoms with van der Waals surface area (Å²) in [7, 11) is 0. The topological polar surface area (TPSA) is 53.1 Å². The molecular weight excluding hydrogens is 298 g/mol. The smallest absolute Gasteiger partial charge is 0.200 e. The van der Waals surface area contributed by atoms with Gasteiger partial charge in [-0.05, 0) is 18.6 Å². The van der Waals surface area contributed by atoms with E-state index in [2.05, 4.69) is 11.9 Å². The molecule has 22 heavy (non-hydrogen) atoms. The first-order valence-electron chi connectivity index (χ1n) is 8.17. The van der Waals surface area contributed by atoms with E-state index in [0.29, 0.717) is 22.5 Å². The number of aromatic amines is 1. The van der Waals surface area contributed by atoms with Crippen molar-refractivity contribution < 1.29 is 9.90 Å². The Hall–Kier alpha value is -1.48. The van der Waals surface area contributed by atoms with E-state index in [1.165, 1.54) is 32.1 Å². The quantitative estimate of drug-likeness (QED) is 0.449. The standard InChI is InChI=1S/C18H24ClNO2/c1-2-3-4-5-6-7-8-9-16(21)17-14-11-10-13(19)12-15(14)20-18(17)22/h10-12,20,22H,2-9H2,1H3.